The molecule has 2 amide bonds. The van der Waals surface area contributed by atoms with Crippen molar-refractivity contribution in [2.45, 2.75) is 13.5 Å². The van der Waals surface area contributed by atoms with Gasteiger partial charge >= 0.3 is 6.03 Å². The van der Waals surface area contributed by atoms with Crippen molar-refractivity contribution in [1.82, 2.24) is 9.55 Å². The van der Waals surface area contributed by atoms with Crippen LogP contribution in [0.3, 0.4) is 0 Å². The van der Waals surface area contributed by atoms with Crippen LogP contribution in [0.2, 0.25) is 0 Å². The summed E-state index contributed by atoms with van der Waals surface area (Å²) >= 11 is 0. The number of Topliss-reactive ketones (excluding diaryl/α,β-unsaturated/α-hetero) is 1. The Hall–Kier alpha value is -4.37. The molecule has 9 heteroatoms. The number of amides is 2. The van der Waals surface area contributed by atoms with Crippen LogP contribution in [0.15, 0.2) is 71.8 Å². The van der Waals surface area contributed by atoms with Gasteiger partial charge in [-0.25, -0.2) is 14.2 Å². The van der Waals surface area contributed by atoms with Gasteiger partial charge in [0.1, 0.15) is 5.82 Å². The molecule has 0 saturated carbocycles. The summed E-state index contributed by atoms with van der Waals surface area (Å²) in [6.07, 6.45) is 1.45. The van der Waals surface area contributed by atoms with E-state index in [1.807, 2.05) is 0 Å². The Kier molecular flexibility index (Phi) is 7.21. The van der Waals surface area contributed by atoms with Crippen molar-refractivity contribution in [2.75, 3.05) is 31.0 Å². The highest BCUT2D eigenvalue weighted by Crippen LogP contribution is 2.34. The fourth-order valence-corrected chi connectivity index (χ4v) is 3.86. The van der Waals surface area contributed by atoms with Gasteiger partial charge in [0.15, 0.2) is 5.78 Å². The second-order valence-corrected chi connectivity index (χ2v) is 8.22. The van der Waals surface area contributed by atoms with E-state index in [1.54, 1.807) is 62.7 Å². The van der Waals surface area contributed by atoms with Crippen molar-refractivity contribution in [1.29, 1.82) is 0 Å². The minimum Gasteiger partial charge on any atom is -0.383 e. The van der Waals surface area contributed by atoms with E-state index < -0.39 is 11.8 Å². The number of carbonyl (C=O) groups is 2. The SMILES string of the molecule is COCCn1cnc2ccc(NC(=O)N(C)c3cccc(C(C)=O)c3)c(-c3ccc(F)cc3)c2c1=O. The maximum Gasteiger partial charge on any atom is 0.326 e. The molecule has 1 heterocycles. The summed E-state index contributed by atoms with van der Waals surface area (Å²) in [5.41, 5.74) is 2.46. The molecule has 36 heavy (non-hydrogen) atoms. The van der Waals surface area contributed by atoms with E-state index in [4.69, 9.17) is 4.74 Å². The molecule has 4 rings (SSSR count). The Morgan fingerprint density at radius 2 is 1.86 bits per heavy atom. The topological polar surface area (TPSA) is 93.5 Å². The monoisotopic (exact) mass is 488 g/mol. The van der Waals surface area contributed by atoms with Gasteiger partial charge in [-0.3, -0.25) is 19.1 Å². The third kappa shape index (κ3) is 5.01. The zero-order chi connectivity index (χ0) is 25.8. The molecule has 8 nitrogen and oxygen atoms in total. The Labute approximate surface area is 207 Å². The molecule has 184 valence electrons. The van der Waals surface area contributed by atoms with Crippen molar-refractivity contribution in [2.24, 2.45) is 0 Å². The van der Waals surface area contributed by atoms with Crippen LogP contribution in [0.5, 0.6) is 0 Å². The third-order valence-corrected chi connectivity index (χ3v) is 5.85. The van der Waals surface area contributed by atoms with Crippen molar-refractivity contribution >= 4 is 34.1 Å². The van der Waals surface area contributed by atoms with Gasteiger partial charge in [-0.1, -0.05) is 24.3 Å². The summed E-state index contributed by atoms with van der Waals surface area (Å²) in [6.45, 7) is 2.07. The number of hydrogen-bond donors (Lipinski definition) is 1. The molecule has 0 aliphatic rings. The molecule has 4 aromatic rings. The molecule has 0 fully saturated rings. The number of aromatic nitrogens is 2. The number of ketones is 1. The molecule has 0 radical (unpaired) electrons. The molecule has 0 spiro atoms. The van der Waals surface area contributed by atoms with Crippen LogP contribution < -0.4 is 15.8 Å². The van der Waals surface area contributed by atoms with Gasteiger partial charge in [-0.2, -0.15) is 0 Å². The standard InChI is InChI=1S/C27H25FN4O4/c1-17(33)19-5-4-6-21(15-19)31(2)27(35)30-23-12-11-22-25(24(23)18-7-9-20(28)10-8-18)26(34)32(16-29-22)13-14-36-3/h4-12,15-16H,13-14H2,1-3H3,(H,30,35). The number of halogens is 1. The maximum absolute atomic E-state index is 13.7. The van der Waals surface area contributed by atoms with Crippen LogP contribution in [-0.4, -0.2) is 42.1 Å². The molecule has 1 aromatic heterocycles. The van der Waals surface area contributed by atoms with Crippen LogP contribution >= 0.6 is 0 Å². The summed E-state index contributed by atoms with van der Waals surface area (Å²) in [5.74, 6) is -0.540. The zero-order valence-electron chi connectivity index (χ0n) is 20.1. The Morgan fingerprint density at radius 1 is 1.11 bits per heavy atom. The van der Waals surface area contributed by atoms with Gasteiger partial charge in [-0.15, -0.1) is 0 Å². The Balaban J connectivity index is 1.82. The molecule has 3 aromatic carbocycles. The normalized spacial score (nSPS) is 10.9. The molecule has 0 unspecified atom stereocenters. The van der Waals surface area contributed by atoms with E-state index in [1.165, 1.54) is 34.9 Å². The Bertz CT molecular complexity index is 1500. The van der Waals surface area contributed by atoms with E-state index in [2.05, 4.69) is 10.3 Å². The van der Waals surface area contributed by atoms with Crippen molar-refractivity contribution < 1.29 is 18.7 Å². The first-order chi connectivity index (χ1) is 17.3. The number of nitrogens with zero attached hydrogens (tertiary/aromatic N) is 3. The highest BCUT2D eigenvalue weighted by Gasteiger charge is 2.19. The largest absolute Gasteiger partial charge is 0.383 e. The number of nitrogens with one attached hydrogen (secondary N) is 1. The summed E-state index contributed by atoms with van der Waals surface area (Å²) < 4.78 is 20.2. The lowest BCUT2D eigenvalue weighted by Gasteiger charge is -2.21. The Morgan fingerprint density at radius 3 is 2.56 bits per heavy atom. The van der Waals surface area contributed by atoms with Crippen LogP contribution in [0.4, 0.5) is 20.6 Å². The van der Waals surface area contributed by atoms with Gasteiger partial charge in [0.05, 0.1) is 36.1 Å². The zero-order valence-corrected chi connectivity index (χ0v) is 20.1. The predicted molar refractivity (Wildman–Crippen MR) is 137 cm³/mol. The fourth-order valence-electron chi connectivity index (χ4n) is 3.86. The third-order valence-electron chi connectivity index (χ3n) is 5.85. The number of carbonyl (C=O) groups excluding carboxylic acids is 2. The molecule has 0 saturated heterocycles. The summed E-state index contributed by atoms with van der Waals surface area (Å²) in [5, 5.41) is 3.15. The molecule has 0 aliphatic heterocycles. The first kappa shape index (κ1) is 24.7. The molecule has 1 N–H and O–H groups in total. The number of methoxy groups -OCH3 is 1. The number of rotatable bonds is 7. The summed E-state index contributed by atoms with van der Waals surface area (Å²) in [4.78, 5) is 44.2. The summed E-state index contributed by atoms with van der Waals surface area (Å²) in [6, 6.07) is 15.2. The number of hydrogen-bond acceptors (Lipinski definition) is 5. The van der Waals surface area contributed by atoms with Gasteiger partial charge in [0.2, 0.25) is 0 Å². The van der Waals surface area contributed by atoms with Crippen LogP contribution in [0.25, 0.3) is 22.0 Å². The molecular weight excluding hydrogens is 463 g/mol. The number of anilines is 2. The van der Waals surface area contributed by atoms with E-state index in [0.717, 1.165) is 0 Å². The minimum atomic E-state index is -0.484. The van der Waals surface area contributed by atoms with Gasteiger partial charge in [-0.05, 0) is 48.9 Å². The number of ether oxygens (including phenoxy) is 1. The van der Waals surface area contributed by atoms with Crippen molar-refractivity contribution in [3.63, 3.8) is 0 Å². The molecule has 0 atom stereocenters. The number of urea groups is 1. The number of fused-ring (bicyclic) bond motifs is 1. The van der Waals surface area contributed by atoms with E-state index >= 15 is 0 Å². The van der Waals surface area contributed by atoms with Crippen LogP contribution in [0, 0.1) is 5.82 Å². The smallest absolute Gasteiger partial charge is 0.326 e. The maximum atomic E-state index is 13.7. The van der Waals surface area contributed by atoms with Gasteiger partial charge < -0.3 is 10.1 Å². The van der Waals surface area contributed by atoms with Crippen LogP contribution in [-0.2, 0) is 11.3 Å². The number of benzene rings is 3. The second kappa shape index (κ2) is 10.5. The second-order valence-electron chi connectivity index (χ2n) is 8.22. The molecular formula is C27H25FN4O4. The first-order valence-electron chi connectivity index (χ1n) is 11.2. The van der Waals surface area contributed by atoms with E-state index in [9.17, 15) is 18.8 Å². The average molecular weight is 489 g/mol. The highest BCUT2D eigenvalue weighted by atomic mass is 19.1. The molecule has 0 aliphatic carbocycles. The lowest BCUT2D eigenvalue weighted by atomic mass is 9.99. The van der Waals surface area contributed by atoms with Crippen molar-refractivity contribution in [3.05, 3.63) is 88.7 Å². The lowest BCUT2D eigenvalue weighted by Crippen LogP contribution is -2.31. The molecule has 0 bridgehead atoms. The van der Waals surface area contributed by atoms with Crippen LogP contribution in [0.1, 0.15) is 17.3 Å². The summed E-state index contributed by atoms with van der Waals surface area (Å²) in [7, 11) is 3.12. The minimum absolute atomic E-state index is 0.115. The van der Waals surface area contributed by atoms with Gasteiger partial charge in [0.25, 0.3) is 5.56 Å². The lowest BCUT2D eigenvalue weighted by molar-refractivity contribution is 0.101. The average Bonchev–Trinajstić information content (AvgIpc) is 2.88. The fraction of sp³-hybridized carbons (Fsp3) is 0.185. The predicted octanol–water partition coefficient (Wildman–Crippen LogP) is 4.72. The van der Waals surface area contributed by atoms with Crippen molar-refractivity contribution in [3.8, 4) is 11.1 Å². The quantitative estimate of drug-likeness (QED) is 0.380. The first-order valence-corrected chi connectivity index (χ1v) is 11.2. The van der Waals surface area contributed by atoms with E-state index in [-0.39, 0.29) is 11.3 Å². The van der Waals surface area contributed by atoms with E-state index in [0.29, 0.717) is 52.1 Å². The highest BCUT2D eigenvalue weighted by molar-refractivity contribution is 6.09. The van der Waals surface area contributed by atoms with Gasteiger partial charge in [0, 0.05) is 31.0 Å².